The quantitative estimate of drug-likeness (QED) is 0.760. The Morgan fingerprint density at radius 2 is 2.04 bits per heavy atom. The second-order valence-corrected chi connectivity index (χ2v) is 7.01. The fraction of sp³-hybridized carbons (Fsp3) is 0.474. The zero-order chi connectivity index (χ0) is 19.4. The van der Waals surface area contributed by atoms with Crippen molar-refractivity contribution in [2.45, 2.75) is 37.9 Å². The highest BCUT2D eigenvalue weighted by atomic mass is 16.6. The van der Waals surface area contributed by atoms with Gasteiger partial charge in [-0.25, -0.2) is 9.59 Å². The van der Waals surface area contributed by atoms with Crippen LogP contribution in [0.25, 0.3) is 0 Å². The summed E-state index contributed by atoms with van der Waals surface area (Å²) >= 11 is 0. The number of hydrogen-bond donors (Lipinski definition) is 2. The summed E-state index contributed by atoms with van der Waals surface area (Å²) in [6, 6.07) is 3.25. The lowest BCUT2D eigenvalue weighted by molar-refractivity contribution is -0.195. The average Bonchev–Trinajstić information content (AvgIpc) is 2.66. The van der Waals surface area contributed by atoms with E-state index in [4.69, 9.17) is 15.2 Å². The number of anilines is 1. The second-order valence-electron chi connectivity index (χ2n) is 7.01. The minimum atomic E-state index is -1.58. The number of rotatable bonds is 4. The van der Waals surface area contributed by atoms with Gasteiger partial charge in [0, 0.05) is 36.7 Å². The Kier molecular flexibility index (Phi) is 5.55. The molecule has 1 fully saturated rings. The lowest BCUT2D eigenvalue weighted by Crippen LogP contribution is -2.60. The highest BCUT2D eigenvalue weighted by molar-refractivity contribution is 6.01. The average molecular weight is 373 g/mol. The van der Waals surface area contributed by atoms with Crippen LogP contribution in [-0.2, 0) is 23.9 Å². The molecule has 3 rings (SSSR count). The number of fused-ring (bicyclic) bond motifs is 1. The van der Waals surface area contributed by atoms with Crippen molar-refractivity contribution in [1.82, 2.24) is 4.98 Å². The molecule has 1 aromatic rings. The van der Waals surface area contributed by atoms with Gasteiger partial charge in [0.15, 0.2) is 6.10 Å². The smallest absolute Gasteiger partial charge is 0.332 e. The molecule has 4 unspecified atom stereocenters. The van der Waals surface area contributed by atoms with E-state index in [9.17, 15) is 14.4 Å². The predicted octanol–water partition coefficient (Wildman–Crippen LogP) is 1.18. The summed E-state index contributed by atoms with van der Waals surface area (Å²) in [4.78, 5) is 41.2. The van der Waals surface area contributed by atoms with Crippen LogP contribution in [0.1, 0.15) is 26.2 Å². The maximum absolute atomic E-state index is 13.1. The fourth-order valence-electron chi connectivity index (χ4n) is 3.62. The fourth-order valence-corrected chi connectivity index (χ4v) is 3.62. The summed E-state index contributed by atoms with van der Waals surface area (Å²) < 4.78 is 11.1. The van der Waals surface area contributed by atoms with Crippen LogP contribution in [0.4, 0.5) is 5.69 Å². The third-order valence-corrected chi connectivity index (χ3v) is 5.32. The third kappa shape index (κ3) is 4.00. The predicted molar refractivity (Wildman–Crippen MR) is 96.3 cm³/mol. The number of nitrogens with two attached hydrogens (primary N) is 1. The van der Waals surface area contributed by atoms with Crippen LogP contribution in [0.5, 0.6) is 0 Å². The van der Waals surface area contributed by atoms with Crippen molar-refractivity contribution in [1.29, 1.82) is 0 Å². The summed E-state index contributed by atoms with van der Waals surface area (Å²) in [5.74, 6) is -1.57. The molecule has 1 aromatic heterocycles. The molecule has 3 N–H and O–H groups in total. The van der Waals surface area contributed by atoms with Crippen LogP contribution >= 0.6 is 0 Å². The van der Waals surface area contributed by atoms with Crippen LogP contribution in [-0.4, -0.2) is 41.1 Å². The standard InChI is InChI=1S/C19H23N3O5/c1-12(11-20)13-4-7-19(18(25)22-14-5-8-21-9-6-14)15(10-13)26-16(23)2-3-17(24)27-19/h2-3,5-6,8-9,12-13,15H,4,7,10-11,20H2,1H3,(H,21,22,25)/b3-2+. The highest BCUT2D eigenvalue weighted by Crippen LogP contribution is 2.41. The number of amides is 1. The summed E-state index contributed by atoms with van der Waals surface area (Å²) in [5, 5.41) is 2.75. The first kappa shape index (κ1) is 19.0. The Morgan fingerprint density at radius 1 is 1.33 bits per heavy atom. The van der Waals surface area contributed by atoms with E-state index in [0.29, 0.717) is 25.1 Å². The van der Waals surface area contributed by atoms with Gasteiger partial charge >= 0.3 is 11.9 Å². The lowest BCUT2D eigenvalue weighted by atomic mass is 9.71. The molecule has 0 saturated heterocycles. The number of hydrogen-bond acceptors (Lipinski definition) is 7. The van der Waals surface area contributed by atoms with Crippen LogP contribution in [0.15, 0.2) is 36.7 Å². The lowest BCUT2D eigenvalue weighted by Gasteiger charge is -2.44. The second kappa shape index (κ2) is 7.87. The van der Waals surface area contributed by atoms with E-state index >= 15 is 0 Å². The van der Waals surface area contributed by atoms with Gasteiger partial charge in [0.2, 0.25) is 5.60 Å². The number of ether oxygens (including phenoxy) is 2. The third-order valence-electron chi connectivity index (χ3n) is 5.32. The SMILES string of the molecule is CC(CN)C1CCC2(C(=O)Nc3ccncc3)OC(=O)/C=C/C(=O)OC2C1. The van der Waals surface area contributed by atoms with E-state index in [2.05, 4.69) is 10.3 Å². The Hall–Kier alpha value is -2.74. The first-order valence-corrected chi connectivity index (χ1v) is 8.98. The maximum Gasteiger partial charge on any atom is 0.332 e. The zero-order valence-electron chi connectivity index (χ0n) is 15.1. The molecule has 2 aliphatic rings. The van der Waals surface area contributed by atoms with Crippen molar-refractivity contribution >= 4 is 23.5 Å². The summed E-state index contributed by atoms with van der Waals surface area (Å²) in [6.45, 7) is 2.51. The van der Waals surface area contributed by atoms with Gasteiger partial charge in [0.05, 0.1) is 0 Å². The molecule has 2 heterocycles. The molecule has 1 saturated carbocycles. The normalized spacial score (nSPS) is 30.0. The summed E-state index contributed by atoms with van der Waals surface area (Å²) in [5.41, 5.74) is 4.72. The highest BCUT2D eigenvalue weighted by Gasteiger charge is 2.55. The van der Waals surface area contributed by atoms with Crippen molar-refractivity contribution in [3.8, 4) is 0 Å². The molecule has 8 nitrogen and oxygen atoms in total. The van der Waals surface area contributed by atoms with Gasteiger partial charge in [-0.1, -0.05) is 6.92 Å². The molecule has 0 aromatic carbocycles. The maximum atomic E-state index is 13.1. The first-order chi connectivity index (χ1) is 12.9. The Balaban J connectivity index is 1.93. The Bertz CT molecular complexity index is 751. The number of nitrogens with zero attached hydrogens (tertiary/aromatic N) is 1. The molecule has 27 heavy (non-hydrogen) atoms. The molecule has 0 radical (unpaired) electrons. The van der Waals surface area contributed by atoms with Crippen molar-refractivity contribution < 1.29 is 23.9 Å². The number of esters is 2. The molecule has 4 atom stereocenters. The van der Waals surface area contributed by atoms with Crippen molar-refractivity contribution in [2.24, 2.45) is 17.6 Å². The van der Waals surface area contributed by atoms with E-state index in [-0.39, 0.29) is 18.3 Å². The molecule has 1 aliphatic heterocycles. The van der Waals surface area contributed by atoms with Gasteiger partial charge in [-0.15, -0.1) is 0 Å². The van der Waals surface area contributed by atoms with Gasteiger partial charge in [0.25, 0.3) is 5.91 Å². The van der Waals surface area contributed by atoms with E-state index < -0.39 is 29.6 Å². The molecule has 0 spiro atoms. The molecule has 1 amide bonds. The van der Waals surface area contributed by atoms with Gasteiger partial charge in [-0.05, 0) is 43.4 Å². The van der Waals surface area contributed by atoms with Gasteiger partial charge in [-0.2, -0.15) is 0 Å². The van der Waals surface area contributed by atoms with E-state index in [1.165, 1.54) is 12.4 Å². The Labute approximate surface area is 157 Å². The molecule has 8 heteroatoms. The molecule has 0 bridgehead atoms. The Morgan fingerprint density at radius 3 is 2.74 bits per heavy atom. The topological polar surface area (TPSA) is 121 Å². The largest absolute Gasteiger partial charge is 0.454 e. The van der Waals surface area contributed by atoms with E-state index in [0.717, 1.165) is 12.2 Å². The van der Waals surface area contributed by atoms with Gasteiger partial charge in [-0.3, -0.25) is 9.78 Å². The molecular weight excluding hydrogens is 350 g/mol. The number of carbonyl (C=O) groups is 3. The van der Waals surface area contributed by atoms with Crippen LogP contribution in [0, 0.1) is 11.8 Å². The first-order valence-electron chi connectivity index (χ1n) is 8.98. The van der Waals surface area contributed by atoms with Gasteiger partial charge in [0.1, 0.15) is 0 Å². The minimum Gasteiger partial charge on any atom is -0.454 e. The minimum absolute atomic E-state index is 0.164. The monoisotopic (exact) mass is 373 g/mol. The number of nitrogens with one attached hydrogen (secondary N) is 1. The summed E-state index contributed by atoms with van der Waals surface area (Å²) in [6.07, 6.45) is 5.47. The van der Waals surface area contributed by atoms with Crippen LogP contribution in [0.2, 0.25) is 0 Å². The molecule has 1 aliphatic carbocycles. The van der Waals surface area contributed by atoms with Crippen molar-refractivity contribution in [3.63, 3.8) is 0 Å². The molecule has 144 valence electrons. The van der Waals surface area contributed by atoms with Crippen molar-refractivity contribution in [3.05, 3.63) is 36.7 Å². The van der Waals surface area contributed by atoms with E-state index in [1.54, 1.807) is 12.1 Å². The van der Waals surface area contributed by atoms with Crippen LogP contribution in [0.3, 0.4) is 0 Å². The number of carbonyl (C=O) groups excluding carboxylic acids is 3. The number of pyridine rings is 1. The van der Waals surface area contributed by atoms with E-state index in [1.807, 2.05) is 6.92 Å². The molecular formula is C19H23N3O5. The van der Waals surface area contributed by atoms with Gasteiger partial charge < -0.3 is 20.5 Å². The number of aromatic nitrogens is 1. The van der Waals surface area contributed by atoms with Crippen molar-refractivity contribution in [2.75, 3.05) is 11.9 Å². The zero-order valence-corrected chi connectivity index (χ0v) is 15.1. The summed E-state index contributed by atoms with van der Waals surface area (Å²) in [7, 11) is 0. The van der Waals surface area contributed by atoms with Crippen LogP contribution < -0.4 is 11.1 Å².